The minimum absolute atomic E-state index is 1.06. The maximum Gasteiger partial charge on any atom is 0.0904 e. The summed E-state index contributed by atoms with van der Waals surface area (Å²) in [5.41, 5.74) is 0. The number of hydrogen-bond acceptors (Lipinski definition) is 2. The molecule has 0 spiro atoms. The van der Waals surface area contributed by atoms with Gasteiger partial charge in [0, 0.05) is 11.4 Å². The third kappa shape index (κ3) is 3.25. The molecule has 1 rings (SSSR count). The molecule has 0 amide bonds. The maximum absolute atomic E-state index is 2.40. The maximum atomic E-state index is 2.40. The van der Waals surface area contributed by atoms with E-state index in [4.69, 9.17) is 0 Å². The van der Waals surface area contributed by atoms with Crippen molar-refractivity contribution in [3.63, 3.8) is 0 Å². The zero-order valence-corrected chi connectivity index (χ0v) is 11.0. The summed E-state index contributed by atoms with van der Waals surface area (Å²) in [4.78, 5) is 3.71. The number of thiophene rings is 1. The molecule has 0 N–H and O–H groups in total. The van der Waals surface area contributed by atoms with Gasteiger partial charge >= 0.3 is 0 Å². The van der Waals surface area contributed by atoms with Crippen LogP contribution < -0.4 is 4.50 Å². The lowest BCUT2D eigenvalue weighted by molar-refractivity contribution is 0.406. The molecule has 0 unspecified atom stereocenters. The van der Waals surface area contributed by atoms with Crippen molar-refractivity contribution in [2.75, 3.05) is 14.1 Å². The van der Waals surface area contributed by atoms with Crippen LogP contribution in [0, 0.1) is 0 Å². The van der Waals surface area contributed by atoms with Crippen molar-refractivity contribution < 1.29 is 0 Å². The Morgan fingerprint density at radius 1 is 1.23 bits per heavy atom. The number of rotatable bonds is 3. The molecule has 1 aromatic rings. The van der Waals surface area contributed by atoms with Crippen LogP contribution >= 0.6 is 11.3 Å². The van der Waals surface area contributed by atoms with Gasteiger partial charge in [0.15, 0.2) is 0 Å². The van der Waals surface area contributed by atoms with Gasteiger partial charge in [0.2, 0.25) is 0 Å². The lowest BCUT2D eigenvalue weighted by Crippen LogP contribution is -2.34. The van der Waals surface area contributed by atoms with E-state index in [-0.39, 0.29) is 0 Å². The van der Waals surface area contributed by atoms with Crippen LogP contribution in [0.2, 0.25) is 19.6 Å². The molecule has 0 fully saturated rings. The molecule has 1 nitrogen and oxygen atoms in total. The predicted octanol–water partition coefficient (Wildman–Crippen LogP) is 2.35. The minimum atomic E-state index is -1.06. The largest absolute Gasteiger partial charge is 0.304 e. The van der Waals surface area contributed by atoms with Crippen LogP contribution in [0.4, 0.5) is 0 Å². The smallest absolute Gasteiger partial charge is 0.0904 e. The molecule has 0 aliphatic heterocycles. The van der Waals surface area contributed by atoms with Gasteiger partial charge in [-0.3, -0.25) is 0 Å². The van der Waals surface area contributed by atoms with Gasteiger partial charge in [-0.15, -0.1) is 11.3 Å². The summed E-state index contributed by atoms with van der Waals surface area (Å²) in [5.74, 6) is 0. The predicted molar refractivity (Wildman–Crippen MR) is 64.7 cm³/mol. The Labute approximate surface area is 86.4 Å². The zero-order valence-electron chi connectivity index (χ0n) is 9.22. The Bertz CT molecular complexity index is 273. The van der Waals surface area contributed by atoms with Crippen LogP contribution in [0.5, 0.6) is 0 Å². The first-order chi connectivity index (χ1) is 5.89. The molecular weight excluding hydrogens is 194 g/mol. The Balaban J connectivity index is 2.75. The monoisotopic (exact) mass is 213 g/mol. The number of hydrogen-bond donors (Lipinski definition) is 0. The van der Waals surface area contributed by atoms with Crippen molar-refractivity contribution in [3.8, 4) is 0 Å². The molecule has 0 aliphatic carbocycles. The highest BCUT2D eigenvalue weighted by atomic mass is 32.1. The summed E-state index contributed by atoms with van der Waals surface area (Å²) in [5, 5.41) is 0. The molecule has 13 heavy (non-hydrogen) atoms. The molecule has 1 heterocycles. The SMILES string of the molecule is CN(C)Cc1ccc([Si](C)(C)C)s1. The summed E-state index contributed by atoms with van der Waals surface area (Å²) in [6, 6.07) is 4.59. The van der Waals surface area contributed by atoms with E-state index < -0.39 is 8.07 Å². The fourth-order valence-electron chi connectivity index (χ4n) is 1.18. The van der Waals surface area contributed by atoms with Gasteiger partial charge in [-0.05, 0) is 24.7 Å². The van der Waals surface area contributed by atoms with E-state index in [1.165, 1.54) is 4.88 Å². The first-order valence-corrected chi connectivity index (χ1v) is 8.95. The van der Waals surface area contributed by atoms with E-state index >= 15 is 0 Å². The van der Waals surface area contributed by atoms with E-state index in [1.807, 2.05) is 11.3 Å². The molecule has 0 saturated carbocycles. The molecule has 74 valence electrons. The van der Waals surface area contributed by atoms with E-state index in [1.54, 1.807) is 4.50 Å². The van der Waals surface area contributed by atoms with Gasteiger partial charge < -0.3 is 4.90 Å². The highest BCUT2D eigenvalue weighted by Crippen LogP contribution is 2.14. The van der Waals surface area contributed by atoms with Crippen molar-refractivity contribution in [2.24, 2.45) is 0 Å². The summed E-state index contributed by atoms with van der Waals surface area (Å²) < 4.78 is 1.62. The molecule has 1 aromatic heterocycles. The molecule has 0 radical (unpaired) electrons. The molecular formula is C10H19NSSi. The normalized spacial score (nSPS) is 12.5. The third-order valence-corrected chi connectivity index (χ3v) is 6.54. The highest BCUT2D eigenvalue weighted by Gasteiger charge is 2.18. The quantitative estimate of drug-likeness (QED) is 0.697. The molecule has 0 bridgehead atoms. The lowest BCUT2D eigenvalue weighted by atomic mass is 10.4. The second kappa shape index (κ2) is 3.94. The summed E-state index contributed by atoms with van der Waals surface area (Å²) in [6.07, 6.45) is 0. The van der Waals surface area contributed by atoms with Crippen molar-refractivity contribution in [3.05, 3.63) is 17.0 Å². The lowest BCUT2D eigenvalue weighted by Gasteiger charge is -2.12. The van der Waals surface area contributed by atoms with Crippen LogP contribution in [0.15, 0.2) is 12.1 Å². The van der Waals surface area contributed by atoms with Gasteiger partial charge in [0.25, 0.3) is 0 Å². The Hall–Kier alpha value is -0.123. The van der Waals surface area contributed by atoms with E-state index in [9.17, 15) is 0 Å². The topological polar surface area (TPSA) is 3.24 Å². The van der Waals surface area contributed by atoms with Crippen molar-refractivity contribution in [1.29, 1.82) is 0 Å². The van der Waals surface area contributed by atoms with Gasteiger partial charge in [-0.2, -0.15) is 0 Å². The minimum Gasteiger partial charge on any atom is -0.304 e. The Morgan fingerprint density at radius 2 is 1.85 bits per heavy atom. The molecule has 0 aliphatic rings. The summed E-state index contributed by atoms with van der Waals surface area (Å²) >= 11 is 1.99. The fraction of sp³-hybridized carbons (Fsp3) is 0.600. The van der Waals surface area contributed by atoms with Crippen LogP contribution in [0.25, 0.3) is 0 Å². The molecule has 0 saturated heterocycles. The zero-order chi connectivity index (χ0) is 10.1. The average Bonchev–Trinajstić information content (AvgIpc) is 2.32. The first kappa shape index (κ1) is 11.0. The van der Waals surface area contributed by atoms with Crippen molar-refractivity contribution in [2.45, 2.75) is 26.2 Å². The third-order valence-electron chi connectivity index (χ3n) is 1.87. The molecule has 0 atom stereocenters. The van der Waals surface area contributed by atoms with Gasteiger partial charge in [-0.1, -0.05) is 25.7 Å². The standard InChI is InChI=1S/C10H19NSSi/c1-11(2)8-9-6-7-10(12-9)13(3,4)5/h6-7H,8H2,1-5H3. The highest BCUT2D eigenvalue weighted by molar-refractivity contribution is 7.26. The summed E-state index contributed by atoms with van der Waals surface area (Å²) in [6.45, 7) is 8.28. The second-order valence-electron chi connectivity index (χ2n) is 4.75. The van der Waals surface area contributed by atoms with E-state index in [0.717, 1.165) is 6.54 Å². The van der Waals surface area contributed by atoms with Crippen LogP contribution in [0.3, 0.4) is 0 Å². The average molecular weight is 213 g/mol. The molecule has 0 aromatic carbocycles. The number of nitrogens with zero attached hydrogens (tertiary/aromatic N) is 1. The fourth-order valence-corrected chi connectivity index (χ4v) is 4.26. The second-order valence-corrected chi connectivity index (χ2v) is 11.3. The van der Waals surface area contributed by atoms with Gasteiger partial charge in [0.1, 0.15) is 0 Å². The van der Waals surface area contributed by atoms with Crippen LogP contribution in [-0.2, 0) is 6.54 Å². The van der Waals surface area contributed by atoms with Crippen molar-refractivity contribution in [1.82, 2.24) is 4.90 Å². The Kier molecular flexibility index (Phi) is 3.32. The van der Waals surface area contributed by atoms with Crippen LogP contribution in [0.1, 0.15) is 4.88 Å². The van der Waals surface area contributed by atoms with Crippen LogP contribution in [-0.4, -0.2) is 27.1 Å². The summed E-state index contributed by atoms with van der Waals surface area (Å²) in [7, 11) is 3.17. The van der Waals surface area contributed by atoms with Gasteiger partial charge in [-0.25, -0.2) is 0 Å². The Morgan fingerprint density at radius 3 is 2.23 bits per heavy atom. The van der Waals surface area contributed by atoms with Crippen molar-refractivity contribution >= 4 is 23.9 Å². The molecule has 3 heteroatoms. The van der Waals surface area contributed by atoms with E-state index in [2.05, 4.69) is 50.8 Å². The van der Waals surface area contributed by atoms with Gasteiger partial charge in [0.05, 0.1) is 8.07 Å². The van der Waals surface area contributed by atoms with E-state index in [0.29, 0.717) is 0 Å². The first-order valence-electron chi connectivity index (χ1n) is 4.63.